The molecule has 144 valence electrons. The molecule has 1 heteroatoms. The minimum absolute atomic E-state index is 0.0100. The van der Waals surface area contributed by atoms with Crippen molar-refractivity contribution in [3.8, 4) is 11.3 Å². The van der Waals surface area contributed by atoms with Crippen molar-refractivity contribution in [2.45, 2.75) is 59.3 Å². The number of aromatic nitrogens is 1. The van der Waals surface area contributed by atoms with E-state index in [2.05, 4.69) is 109 Å². The lowest BCUT2D eigenvalue weighted by Gasteiger charge is -2.44. The third kappa shape index (κ3) is 2.56. The van der Waals surface area contributed by atoms with E-state index < -0.39 is 0 Å². The maximum atomic E-state index is 2.46. The Kier molecular flexibility index (Phi) is 4.08. The van der Waals surface area contributed by atoms with E-state index in [1.807, 2.05) is 0 Å². The Hall–Kier alpha value is -2.41. The van der Waals surface area contributed by atoms with Gasteiger partial charge in [0.1, 0.15) is 7.05 Å². The van der Waals surface area contributed by atoms with Gasteiger partial charge in [-0.25, -0.2) is 4.57 Å². The van der Waals surface area contributed by atoms with E-state index in [0.717, 1.165) is 0 Å². The van der Waals surface area contributed by atoms with Gasteiger partial charge >= 0.3 is 0 Å². The molecule has 0 saturated carbocycles. The Morgan fingerprint density at radius 3 is 1.75 bits per heavy atom. The summed E-state index contributed by atoms with van der Waals surface area (Å²) in [6.07, 6.45) is 2.24. The second kappa shape index (κ2) is 6.04. The first-order valence-electron chi connectivity index (χ1n) is 10.3. The first-order chi connectivity index (χ1) is 13.0. The van der Waals surface area contributed by atoms with Crippen LogP contribution in [0.4, 0.5) is 0 Å². The third-order valence-electron chi connectivity index (χ3n) is 7.00. The van der Waals surface area contributed by atoms with Crippen LogP contribution >= 0.6 is 0 Å². The normalized spacial score (nSPS) is 16.4. The zero-order valence-corrected chi connectivity index (χ0v) is 18.6. The first kappa shape index (κ1) is 18.9. The van der Waals surface area contributed by atoms with E-state index in [9.17, 15) is 0 Å². The van der Waals surface area contributed by atoms with E-state index in [1.165, 1.54) is 50.2 Å². The van der Waals surface area contributed by atoms with Crippen LogP contribution in [0, 0.1) is 20.8 Å². The van der Waals surface area contributed by atoms with Gasteiger partial charge in [-0.05, 0) is 60.2 Å². The van der Waals surface area contributed by atoms with Gasteiger partial charge in [0.25, 0.3) is 0 Å². The Labute approximate surface area is 170 Å². The fraction of sp³-hybridized carbons (Fsp3) is 0.370. The van der Waals surface area contributed by atoms with E-state index in [1.54, 1.807) is 0 Å². The summed E-state index contributed by atoms with van der Waals surface area (Å²) in [7, 11) is 2.16. The summed E-state index contributed by atoms with van der Waals surface area (Å²) < 4.78 is 2.27. The monoisotopic (exact) mass is 370 g/mol. The first-order valence-corrected chi connectivity index (χ1v) is 10.3. The molecule has 0 radical (unpaired) electrons. The molecule has 28 heavy (non-hydrogen) atoms. The Balaban J connectivity index is 2.03. The van der Waals surface area contributed by atoms with Crippen LogP contribution in [-0.2, 0) is 17.9 Å². The number of benzene rings is 2. The van der Waals surface area contributed by atoms with Crippen LogP contribution in [-0.4, -0.2) is 0 Å². The summed E-state index contributed by atoms with van der Waals surface area (Å²) in [6.45, 7) is 16.1. The van der Waals surface area contributed by atoms with Gasteiger partial charge in [0.05, 0.1) is 0 Å². The smallest absolute Gasteiger partial charge is 0.201 e. The number of aryl methyl sites for hydroxylation is 4. The SMILES string of the molecule is Cc1cc(-c2cc3c(cc2C)C(C)(C)c2ccccc2C3(C)C)[n+](C)cc1C. The van der Waals surface area contributed by atoms with Crippen molar-refractivity contribution in [3.63, 3.8) is 0 Å². The molecule has 0 spiro atoms. The van der Waals surface area contributed by atoms with Crippen molar-refractivity contribution in [1.82, 2.24) is 0 Å². The summed E-state index contributed by atoms with van der Waals surface area (Å²) in [5.74, 6) is 0. The van der Waals surface area contributed by atoms with Crippen LogP contribution in [0.5, 0.6) is 0 Å². The summed E-state index contributed by atoms with van der Waals surface area (Å²) in [4.78, 5) is 0. The Bertz CT molecular complexity index is 1100. The van der Waals surface area contributed by atoms with Crippen LogP contribution < -0.4 is 4.57 Å². The van der Waals surface area contributed by atoms with Crippen molar-refractivity contribution in [3.05, 3.63) is 87.6 Å². The average Bonchev–Trinajstić information content (AvgIpc) is 2.63. The molecular weight excluding hydrogens is 338 g/mol. The van der Waals surface area contributed by atoms with Crippen LogP contribution in [0.15, 0.2) is 48.7 Å². The number of hydrogen-bond acceptors (Lipinski definition) is 0. The predicted molar refractivity (Wildman–Crippen MR) is 118 cm³/mol. The molecule has 2 aromatic carbocycles. The summed E-state index contributed by atoms with van der Waals surface area (Å²) in [6, 6.07) is 16.2. The third-order valence-corrected chi connectivity index (χ3v) is 7.00. The van der Waals surface area contributed by atoms with Crippen molar-refractivity contribution < 1.29 is 4.57 Å². The maximum Gasteiger partial charge on any atom is 0.212 e. The standard InChI is InChI=1S/C27H32N/c1-17-14-25(28(8)16-19(17)3)20-15-24-23(13-18(20)2)26(4,5)21-11-9-10-12-22(21)27(24,6)7/h9-16H,1-8H3/q+1. The van der Waals surface area contributed by atoms with E-state index in [-0.39, 0.29) is 10.8 Å². The number of rotatable bonds is 1. The number of nitrogens with zero attached hydrogens (tertiary/aromatic N) is 1. The van der Waals surface area contributed by atoms with Gasteiger partial charge in [0, 0.05) is 28.0 Å². The Morgan fingerprint density at radius 2 is 1.18 bits per heavy atom. The van der Waals surface area contributed by atoms with Crippen LogP contribution in [0.1, 0.15) is 66.6 Å². The molecule has 0 N–H and O–H groups in total. The van der Waals surface area contributed by atoms with Crippen molar-refractivity contribution in [1.29, 1.82) is 0 Å². The molecule has 1 aliphatic rings. The summed E-state index contributed by atoms with van der Waals surface area (Å²) >= 11 is 0. The van der Waals surface area contributed by atoms with Gasteiger partial charge in [-0.15, -0.1) is 0 Å². The quantitative estimate of drug-likeness (QED) is 0.458. The second-order valence-corrected chi connectivity index (χ2v) is 9.64. The molecule has 3 aromatic rings. The molecule has 1 nitrogen and oxygen atoms in total. The highest BCUT2D eigenvalue weighted by molar-refractivity contribution is 5.69. The van der Waals surface area contributed by atoms with Crippen molar-refractivity contribution >= 4 is 0 Å². The zero-order chi connectivity index (χ0) is 20.4. The molecule has 1 aromatic heterocycles. The zero-order valence-electron chi connectivity index (χ0n) is 18.6. The van der Waals surface area contributed by atoms with Gasteiger partial charge < -0.3 is 0 Å². The maximum absolute atomic E-state index is 2.46. The average molecular weight is 371 g/mol. The molecule has 0 saturated heterocycles. The predicted octanol–water partition coefficient (Wildman–Crippen LogP) is 6.07. The minimum atomic E-state index is -0.0117. The van der Waals surface area contributed by atoms with Gasteiger partial charge in [0.15, 0.2) is 6.20 Å². The second-order valence-electron chi connectivity index (χ2n) is 9.64. The highest BCUT2D eigenvalue weighted by Crippen LogP contribution is 2.50. The van der Waals surface area contributed by atoms with Crippen molar-refractivity contribution in [2.75, 3.05) is 0 Å². The topological polar surface area (TPSA) is 3.88 Å². The van der Waals surface area contributed by atoms with Gasteiger partial charge in [-0.1, -0.05) is 58.0 Å². The van der Waals surface area contributed by atoms with Gasteiger partial charge in [0.2, 0.25) is 5.69 Å². The number of hydrogen-bond donors (Lipinski definition) is 0. The fourth-order valence-electron chi connectivity index (χ4n) is 5.03. The minimum Gasteiger partial charge on any atom is -0.201 e. The number of pyridine rings is 1. The fourth-order valence-corrected chi connectivity index (χ4v) is 5.03. The molecule has 1 heterocycles. The molecular formula is C27H32N+. The van der Waals surface area contributed by atoms with Crippen LogP contribution in [0.25, 0.3) is 11.3 Å². The molecule has 4 rings (SSSR count). The molecule has 1 aliphatic carbocycles. The molecule has 0 unspecified atom stereocenters. The molecule has 0 aliphatic heterocycles. The highest BCUT2D eigenvalue weighted by atomic mass is 14.9. The lowest BCUT2D eigenvalue weighted by atomic mass is 9.59. The van der Waals surface area contributed by atoms with E-state index >= 15 is 0 Å². The largest absolute Gasteiger partial charge is 0.212 e. The summed E-state index contributed by atoms with van der Waals surface area (Å²) in [5, 5.41) is 0. The molecule has 0 bridgehead atoms. The molecule has 0 amide bonds. The molecule has 0 atom stereocenters. The van der Waals surface area contributed by atoms with Gasteiger partial charge in [-0.3, -0.25) is 0 Å². The number of fused-ring (bicyclic) bond motifs is 2. The Morgan fingerprint density at radius 1 is 0.643 bits per heavy atom. The highest BCUT2D eigenvalue weighted by Gasteiger charge is 2.42. The van der Waals surface area contributed by atoms with Crippen molar-refractivity contribution in [2.24, 2.45) is 7.05 Å². The summed E-state index contributed by atoms with van der Waals surface area (Å²) in [5.41, 5.74) is 12.5. The van der Waals surface area contributed by atoms with Crippen LogP contribution in [0.2, 0.25) is 0 Å². The lowest BCUT2D eigenvalue weighted by molar-refractivity contribution is -0.660. The van der Waals surface area contributed by atoms with E-state index in [4.69, 9.17) is 0 Å². The van der Waals surface area contributed by atoms with E-state index in [0.29, 0.717) is 0 Å². The molecule has 0 fully saturated rings. The lowest BCUT2D eigenvalue weighted by Crippen LogP contribution is -2.37. The van der Waals surface area contributed by atoms with Crippen LogP contribution in [0.3, 0.4) is 0 Å². The van der Waals surface area contributed by atoms with Gasteiger partial charge in [-0.2, -0.15) is 0 Å².